The van der Waals surface area contributed by atoms with Crippen LogP contribution in [-0.2, 0) is 13.0 Å². The van der Waals surface area contributed by atoms with Crippen molar-refractivity contribution in [3.8, 4) is 0 Å². The summed E-state index contributed by atoms with van der Waals surface area (Å²) in [7, 11) is 1.77. The van der Waals surface area contributed by atoms with Gasteiger partial charge in [-0.05, 0) is 25.0 Å². The summed E-state index contributed by atoms with van der Waals surface area (Å²) in [5.41, 5.74) is 4.07. The van der Waals surface area contributed by atoms with Crippen LogP contribution in [0, 0.1) is 6.92 Å². The molecule has 0 saturated carbocycles. The summed E-state index contributed by atoms with van der Waals surface area (Å²) in [5.74, 6) is 0.787. The molecular formula is C15H20ClIN4S. The van der Waals surface area contributed by atoms with Crippen molar-refractivity contribution in [3.63, 3.8) is 0 Å². The van der Waals surface area contributed by atoms with E-state index >= 15 is 0 Å². The molecule has 0 aliphatic rings. The van der Waals surface area contributed by atoms with E-state index in [4.69, 9.17) is 11.6 Å². The molecule has 4 nitrogen and oxygen atoms in total. The van der Waals surface area contributed by atoms with Gasteiger partial charge in [-0.1, -0.05) is 29.8 Å². The van der Waals surface area contributed by atoms with E-state index in [0.717, 1.165) is 41.7 Å². The zero-order chi connectivity index (χ0) is 15.1. The Hall–Kier alpha value is -0.860. The first kappa shape index (κ1) is 19.2. The number of hydrogen-bond donors (Lipinski definition) is 2. The maximum absolute atomic E-state index is 6.14. The number of benzene rings is 1. The second kappa shape index (κ2) is 10.0. The van der Waals surface area contributed by atoms with Gasteiger partial charge in [-0.3, -0.25) is 4.99 Å². The number of thiazole rings is 1. The second-order valence-corrected chi connectivity index (χ2v) is 5.90. The number of nitrogens with zero attached hydrogens (tertiary/aromatic N) is 2. The van der Waals surface area contributed by atoms with Crippen LogP contribution in [-0.4, -0.2) is 24.5 Å². The number of nitrogens with one attached hydrogen (secondary N) is 2. The lowest BCUT2D eigenvalue weighted by Gasteiger charge is -2.12. The van der Waals surface area contributed by atoms with Crippen LogP contribution in [0.5, 0.6) is 0 Å². The molecule has 1 aromatic heterocycles. The molecule has 0 spiro atoms. The van der Waals surface area contributed by atoms with Gasteiger partial charge >= 0.3 is 0 Å². The highest BCUT2D eigenvalue weighted by molar-refractivity contribution is 14.0. The minimum Gasteiger partial charge on any atom is -0.356 e. The van der Waals surface area contributed by atoms with Crippen molar-refractivity contribution in [3.05, 3.63) is 50.9 Å². The van der Waals surface area contributed by atoms with Gasteiger partial charge in [0.25, 0.3) is 0 Å². The van der Waals surface area contributed by atoms with Crippen molar-refractivity contribution in [2.75, 3.05) is 13.6 Å². The molecule has 0 saturated heterocycles. The predicted molar refractivity (Wildman–Crippen MR) is 106 cm³/mol. The molecular weight excluding hydrogens is 431 g/mol. The normalized spacial score (nSPS) is 11.0. The fourth-order valence-electron chi connectivity index (χ4n) is 1.90. The Bertz CT molecular complexity index is 615. The monoisotopic (exact) mass is 450 g/mol. The largest absolute Gasteiger partial charge is 0.356 e. The number of aryl methyl sites for hydroxylation is 1. The topological polar surface area (TPSA) is 49.3 Å². The fourth-order valence-corrected chi connectivity index (χ4v) is 2.84. The molecule has 0 aliphatic carbocycles. The molecule has 2 rings (SSSR count). The van der Waals surface area contributed by atoms with E-state index in [9.17, 15) is 0 Å². The zero-order valence-corrected chi connectivity index (χ0v) is 16.5. The Morgan fingerprint density at radius 2 is 2.09 bits per heavy atom. The minimum absolute atomic E-state index is 0. The minimum atomic E-state index is 0. The first-order valence-electron chi connectivity index (χ1n) is 6.77. The Labute approximate surface area is 157 Å². The van der Waals surface area contributed by atoms with Gasteiger partial charge < -0.3 is 10.6 Å². The van der Waals surface area contributed by atoms with E-state index in [-0.39, 0.29) is 24.0 Å². The van der Waals surface area contributed by atoms with Crippen LogP contribution in [0.1, 0.15) is 16.1 Å². The standard InChI is InChI=1S/C15H19ClN4S.HI/c1-11-14(21-10-20-11)9-19-15(17-2)18-8-7-12-5-3-4-6-13(12)16;/h3-6,10H,7-9H2,1-2H3,(H2,17,18,19);1H. The molecule has 120 valence electrons. The number of aromatic nitrogens is 1. The third-order valence-corrected chi connectivity index (χ3v) is 4.43. The maximum atomic E-state index is 6.14. The smallest absolute Gasteiger partial charge is 0.191 e. The summed E-state index contributed by atoms with van der Waals surface area (Å²) >= 11 is 7.79. The summed E-state index contributed by atoms with van der Waals surface area (Å²) in [6.07, 6.45) is 0.861. The molecule has 2 aromatic rings. The zero-order valence-electron chi connectivity index (χ0n) is 12.6. The van der Waals surface area contributed by atoms with Crippen molar-refractivity contribution in [1.82, 2.24) is 15.6 Å². The molecule has 0 fully saturated rings. The maximum Gasteiger partial charge on any atom is 0.191 e. The van der Waals surface area contributed by atoms with Crippen molar-refractivity contribution >= 4 is 52.9 Å². The van der Waals surface area contributed by atoms with Gasteiger partial charge in [0.05, 0.1) is 17.7 Å². The number of halogens is 2. The Balaban J connectivity index is 0.00000242. The SMILES string of the molecule is CN=C(NCCc1ccccc1Cl)NCc1scnc1C.I. The summed E-state index contributed by atoms with van der Waals surface area (Å²) in [4.78, 5) is 9.68. The first-order valence-corrected chi connectivity index (χ1v) is 8.03. The van der Waals surface area contributed by atoms with Gasteiger partial charge in [0.1, 0.15) is 0 Å². The first-order chi connectivity index (χ1) is 10.2. The van der Waals surface area contributed by atoms with E-state index in [1.54, 1.807) is 18.4 Å². The summed E-state index contributed by atoms with van der Waals surface area (Å²) in [6, 6.07) is 7.90. The molecule has 22 heavy (non-hydrogen) atoms. The van der Waals surface area contributed by atoms with Crippen LogP contribution in [0.4, 0.5) is 0 Å². The molecule has 0 unspecified atom stereocenters. The van der Waals surface area contributed by atoms with Crippen molar-refractivity contribution in [1.29, 1.82) is 0 Å². The number of hydrogen-bond acceptors (Lipinski definition) is 3. The van der Waals surface area contributed by atoms with E-state index in [2.05, 4.69) is 20.6 Å². The molecule has 0 radical (unpaired) electrons. The Morgan fingerprint density at radius 3 is 2.73 bits per heavy atom. The Kier molecular flexibility index (Phi) is 8.74. The van der Waals surface area contributed by atoms with E-state index in [1.165, 1.54) is 4.88 Å². The van der Waals surface area contributed by atoms with Crippen LogP contribution in [0.3, 0.4) is 0 Å². The summed E-state index contributed by atoms with van der Waals surface area (Å²) < 4.78 is 0. The molecule has 0 aliphatic heterocycles. The number of rotatable bonds is 5. The van der Waals surface area contributed by atoms with Gasteiger partial charge in [-0.2, -0.15) is 0 Å². The predicted octanol–water partition coefficient (Wildman–Crippen LogP) is 3.63. The van der Waals surface area contributed by atoms with Crippen LogP contribution >= 0.6 is 46.9 Å². The lowest BCUT2D eigenvalue weighted by atomic mass is 10.1. The quantitative estimate of drug-likeness (QED) is 0.415. The fraction of sp³-hybridized carbons (Fsp3) is 0.333. The molecule has 0 bridgehead atoms. The highest BCUT2D eigenvalue weighted by Crippen LogP contribution is 2.14. The van der Waals surface area contributed by atoms with E-state index < -0.39 is 0 Å². The van der Waals surface area contributed by atoms with Crippen LogP contribution < -0.4 is 10.6 Å². The van der Waals surface area contributed by atoms with Gasteiger partial charge in [-0.15, -0.1) is 35.3 Å². The average molecular weight is 451 g/mol. The molecule has 0 amide bonds. The van der Waals surface area contributed by atoms with Crippen molar-refractivity contribution in [2.24, 2.45) is 4.99 Å². The second-order valence-electron chi connectivity index (χ2n) is 4.55. The van der Waals surface area contributed by atoms with E-state index in [0.29, 0.717) is 0 Å². The highest BCUT2D eigenvalue weighted by atomic mass is 127. The lowest BCUT2D eigenvalue weighted by Crippen LogP contribution is -2.37. The molecule has 2 N–H and O–H groups in total. The van der Waals surface area contributed by atoms with Crippen LogP contribution in [0.25, 0.3) is 0 Å². The molecule has 1 aromatic carbocycles. The van der Waals surface area contributed by atoms with Crippen LogP contribution in [0.15, 0.2) is 34.8 Å². The molecule has 1 heterocycles. The van der Waals surface area contributed by atoms with Crippen molar-refractivity contribution in [2.45, 2.75) is 19.9 Å². The van der Waals surface area contributed by atoms with Gasteiger partial charge in [0, 0.05) is 23.5 Å². The van der Waals surface area contributed by atoms with Crippen molar-refractivity contribution < 1.29 is 0 Å². The van der Waals surface area contributed by atoms with Gasteiger partial charge in [0.15, 0.2) is 5.96 Å². The molecule has 0 atom stereocenters. The number of guanidine groups is 1. The highest BCUT2D eigenvalue weighted by Gasteiger charge is 2.04. The molecule has 7 heteroatoms. The van der Waals surface area contributed by atoms with E-state index in [1.807, 2.05) is 36.7 Å². The van der Waals surface area contributed by atoms with Crippen LogP contribution in [0.2, 0.25) is 5.02 Å². The third-order valence-electron chi connectivity index (χ3n) is 3.13. The average Bonchev–Trinajstić information content (AvgIpc) is 2.90. The van der Waals surface area contributed by atoms with Gasteiger partial charge in [-0.25, -0.2) is 4.98 Å². The summed E-state index contributed by atoms with van der Waals surface area (Å²) in [6.45, 7) is 3.54. The number of aliphatic imine (C=N–C) groups is 1. The Morgan fingerprint density at radius 1 is 1.32 bits per heavy atom. The summed E-state index contributed by atoms with van der Waals surface area (Å²) in [5, 5.41) is 7.39. The van der Waals surface area contributed by atoms with Gasteiger partial charge in [0.2, 0.25) is 0 Å². The third kappa shape index (κ3) is 5.73. The lowest BCUT2D eigenvalue weighted by molar-refractivity contribution is 0.796.